The quantitative estimate of drug-likeness (QED) is 0.729. The first-order chi connectivity index (χ1) is 13.2. The van der Waals surface area contributed by atoms with Crippen LogP contribution in [-0.4, -0.2) is 49.7 Å². The molecule has 1 aliphatic rings. The van der Waals surface area contributed by atoms with Crippen LogP contribution in [0.15, 0.2) is 46.7 Å². The van der Waals surface area contributed by atoms with E-state index in [1.807, 2.05) is 17.5 Å². The maximum Gasteiger partial charge on any atom is 0.416 e. The van der Waals surface area contributed by atoms with Gasteiger partial charge in [0, 0.05) is 37.5 Å². The molecule has 1 aromatic heterocycles. The Morgan fingerprint density at radius 3 is 2.21 bits per heavy atom. The van der Waals surface area contributed by atoms with Crippen molar-refractivity contribution in [3.63, 3.8) is 0 Å². The van der Waals surface area contributed by atoms with Crippen LogP contribution in [0.4, 0.5) is 13.2 Å². The van der Waals surface area contributed by atoms with Crippen LogP contribution >= 0.6 is 11.3 Å². The van der Waals surface area contributed by atoms with Crippen LogP contribution in [0.25, 0.3) is 0 Å². The number of halogens is 3. The van der Waals surface area contributed by atoms with Gasteiger partial charge in [0.1, 0.15) is 0 Å². The molecule has 0 radical (unpaired) electrons. The van der Waals surface area contributed by atoms with Crippen molar-refractivity contribution in [3.8, 4) is 0 Å². The number of sulfonamides is 1. The van der Waals surface area contributed by atoms with Crippen LogP contribution in [0, 0.1) is 0 Å². The molecule has 5 nitrogen and oxygen atoms in total. The predicted octanol–water partition coefficient (Wildman–Crippen LogP) is 3.23. The average molecular weight is 432 g/mol. The van der Waals surface area contributed by atoms with E-state index in [0.717, 1.165) is 29.1 Å². The molecule has 1 amide bonds. The van der Waals surface area contributed by atoms with Gasteiger partial charge >= 0.3 is 6.18 Å². The minimum atomic E-state index is -4.52. The Kier molecular flexibility index (Phi) is 6.11. The molecule has 152 valence electrons. The van der Waals surface area contributed by atoms with Crippen LogP contribution in [-0.2, 0) is 27.4 Å². The smallest absolute Gasteiger partial charge is 0.340 e. The number of piperazine rings is 1. The van der Waals surface area contributed by atoms with Crippen molar-refractivity contribution in [2.24, 2.45) is 0 Å². The van der Waals surface area contributed by atoms with Gasteiger partial charge < -0.3 is 4.90 Å². The highest BCUT2D eigenvalue weighted by molar-refractivity contribution is 7.89. The van der Waals surface area contributed by atoms with E-state index in [-0.39, 0.29) is 37.0 Å². The lowest BCUT2D eigenvalue weighted by Crippen LogP contribution is -2.50. The van der Waals surface area contributed by atoms with E-state index in [1.165, 1.54) is 4.31 Å². The molecule has 0 N–H and O–H groups in total. The second kappa shape index (κ2) is 8.22. The summed E-state index contributed by atoms with van der Waals surface area (Å²) in [7, 11) is -3.89. The summed E-state index contributed by atoms with van der Waals surface area (Å²) in [6.45, 7) is 0.772. The van der Waals surface area contributed by atoms with E-state index in [4.69, 9.17) is 0 Å². The maximum atomic E-state index is 12.6. The lowest BCUT2D eigenvalue weighted by atomic mass is 10.2. The molecule has 0 saturated carbocycles. The van der Waals surface area contributed by atoms with Crippen molar-refractivity contribution in [2.75, 3.05) is 26.2 Å². The highest BCUT2D eigenvalue weighted by Crippen LogP contribution is 2.30. The number of carbonyl (C=O) groups excluding carboxylic acids is 1. The van der Waals surface area contributed by atoms with Gasteiger partial charge in [-0.15, -0.1) is 11.3 Å². The summed E-state index contributed by atoms with van der Waals surface area (Å²) in [5.41, 5.74) is -0.896. The summed E-state index contributed by atoms with van der Waals surface area (Å²) >= 11 is 1.59. The van der Waals surface area contributed by atoms with Gasteiger partial charge in [-0.1, -0.05) is 6.07 Å². The largest absolute Gasteiger partial charge is 0.416 e. The Labute approximate surface area is 165 Å². The summed E-state index contributed by atoms with van der Waals surface area (Å²) in [5.74, 6) is -0.0278. The molecule has 1 fully saturated rings. The number of hydrogen-bond acceptors (Lipinski definition) is 4. The molecule has 10 heteroatoms. The third-order valence-electron chi connectivity index (χ3n) is 4.58. The maximum absolute atomic E-state index is 12.6. The van der Waals surface area contributed by atoms with Crippen LogP contribution in [0.1, 0.15) is 16.9 Å². The molecule has 0 bridgehead atoms. The van der Waals surface area contributed by atoms with Crippen molar-refractivity contribution in [3.05, 3.63) is 52.2 Å². The van der Waals surface area contributed by atoms with E-state index >= 15 is 0 Å². The standard InChI is InChI=1S/C18H19F3N2O3S2/c19-18(20,21)14-3-6-16(7-4-14)28(25,26)23-11-9-22(10-12-23)17(24)8-5-15-2-1-13-27-15/h1-4,6-7,13H,5,8-12H2. The molecule has 2 aromatic rings. The van der Waals surface area contributed by atoms with Gasteiger partial charge in [0.2, 0.25) is 15.9 Å². The minimum Gasteiger partial charge on any atom is -0.340 e. The summed E-state index contributed by atoms with van der Waals surface area (Å²) in [5, 5.41) is 1.95. The van der Waals surface area contributed by atoms with E-state index < -0.39 is 21.8 Å². The summed E-state index contributed by atoms with van der Waals surface area (Å²) in [4.78, 5) is 14.9. The number of thiophene rings is 1. The number of alkyl halides is 3. The Bertz CT molecular complexity index is 903. The molecule has 1 saturated heterocycles. The topological polar surface area (TPSA) is 57.7 Å². The number of amides is 1. The van der Waals surface area contributed by atoms with Gasteiger partial charge in [0.15, 0.2) is 0 Å². The van der Waals surface area contributed by atoms with Gasteiger partial charge in [-0.05, 0) is 42.1 Å². The van der Waals surface area contributed by atoms with Gasteiger partial charge in [0.05, 0.1) is 10.5 Å². The SMILES string of the molecule is O=C(CCc1cccs1)N1CCN(S(=O)(=O)c2ccc(C(F)(F)F)cc2)CC1. The van der Waals surface area contributed by atoms with Crippen LogP contribution in [0.2, 0.25) is 0 Å². The molecule has 0 aliphatic carbocycles. The highest BCUT2D eigenvalue weighted by Gasteiger charge is 2.33. The van der Waals surface area contributed by atoms with Crippen molar-refractivity contribution in [1.29, 1.82) is 0 Å². The zero-order valence-electron chi connectivity index (χ0n) is 14.9. The first-order valence-corrected chi connectivity index (χ1v) is 11.0. The second-order valence-electron chi connectivity index (χ2n) is 6.39. The second-order valence-corrected chi connectivity index (χ2v) is 9.36. The van der Waals surface area contributed by atoms with Crippen molar-refractivity contribution < 1.29 is 26.4 Å². The van der Waals surface area contributed by atoms with Crippen LogP contribution < -0.4 is 0 Å². The lowest BCUT2D eigenvalue weighted by molar-refractivity contribution is -0.137. The molecule has 0 atom stereocenters. The van der Waals surface area contributed by atoms with Gasteiger partial charge in [-0.3, -0.25) is 4.79 Å². The van der Waals surface area contributed by atoms with Crippen molar-refractivity contribution >= 4 is 27.3 Å². The van der Waals surface area contributed by atoms with Crippen molar-refractivity contribution in [2.45, 2.75) is 23.9 Å². The summed E-state index contributed by atoms with van der Waals surface area (Å²) in [6, 6.07) is 7.35. The van der Waals surface area contributed by atoms with Gasteiger partial charge in [-0.25, -0.2) is 8.42 Å². The minimum absolute atomic E-state index is 0.0278. The Hall–Kier alpha value is -1.91. The number of nitrogens with zero attached hydrogens (tertiary/aromatic N) is 2. The Morgan fingerprint density at radius 1 is 1.04 bits per heavy atom. The summed E-state index contributed by atoms with van der Waals surface area (Å²) < 4.78 is 64.4. The van der Waals surface area contributed by atoms with Gasteiger partial charge in [-0.2, -0.15) is 17.5 Å². The number of hydrogen-bond donors (Lipinski definition) is 0. The normalized spacial score (nSPS) is 16.3. The average Bonchev–Trinajstić information content (AvgIpc) is 3.19. The highest BCUT2D eigenvalue weighted by atomic mass is 32.2. The molecule has 3 rings (SSSR count). The molecular weight excluding hydrogens is 413 g/mol. The fraction of sp³-hybridized carbons (Fsp3) is 0.389. The number of benzene rings is 1. The first kappa shape index (κ1) is 20.8. The molecular formula is C18H19F3N2O3S2. The fourth-order valence-electron chi connectivity index (χ4n) is 2.99. The van der Waals surface area contributed by atoms with Crippen LogP contribution in [0.5, 0.6) is 0 Å². The molecule has 1 aliphatic heterocycles. The zero-order chi connectivity index (χ0) is 20.4. The lowest BCUT2D eigenvalue weighted by Gasteiger charge is -2.34. The van der Waals surface area contributed by atoms with Crippen LogP contribution in [0.3, 0.4) is 0 Å². The number of carbonyl (C=O) groups is 1. The first-order valence-electron chi connectivity index (χ1n) is 8.65. The molecule has 28 heavy (non-hydrogen) atoms. The van der Waals surface area contributed by atoms with E-state index in [0.29, 0.717) is 12.8 Å². The number of aryl methyl sites for hydroxylation is 1. The number of rotatable bonds is 5. The Morgan fingerprint density at radius 2 is 1.68 bits per heavy atom. The summed E-state index contributed by atoms with van der Waals surface area (Å²) in [6.07, 6.45) is -3.50. The third kappa shape index (κ3) is 4.73. The molecule has 0 unspecified atom stereocenters. The Balaban J connectivity index is 1.58. The molecule has 1 aromatic carbocycles. The van der Waals surface area contributed by atoms with E-state index in [2.05, 4.69) is 0 Å². The zero-order valence-corrected chi connectivity index (χ0v) is 16.5. The molecule has 2 heterocycles. The van der Waals surface area contributed by atoms with E-state index in [9.17, 15) is 26.4 Å². The molecule has 0 spiro atoms. The fourth-order valence-corrected chi connectivity index (χ4v) is 5.12. The van der Waals surface area contributed by atoms with Gasteiger partial charge in [0.25, 0.3) is 0 Å². The van der Waals surface area contributed by atoms with E-state index in [1.54, 1.807) is 16.2 Å². The monoisotopic (exact) mass is 432 g/mol. The third-order valence-corrected chi connectivity index (χ3v) is 7.43. The van der Waals surface area contributed by atoms with Crippen molar-refractivity contribution in [1.82, 2.24) is 9.21 Å². The predicted molar refractivity (Wildman–Crippen MR) is 99.4 cm³/mol.